The van der Waals surface area contributed by atoms with Gasteiger partial charge in [-0.3, -0.25) is 0 Å². The van der Waals surface area contributed by atoms with Crippen LogP contribution in [0.25, 0.3) is 5.52 Å². The summed E-state index contributed by atoms with van der Waals surface area (Å²) in [7, 11) is 1.67. The van der Waals surface area contributed by atoms with E-state index in [9.17, 15) is 0 Å². The van der Waals surface area contributed by atoms with Gasteiger partial charge in [0.05, 0.1) is 13.7 Å². The molecule has 1 N–H and O–H groups in total. The van der Waals surface area contributed by atoms with E-state index in [1.165, 1.54) is 0 Å². The van der Waals surface area contributed by atoms with Gasteiger partial charge >= 0.3 is 0 Å². The van der Waals surface area contributed by atoms with Crippen molar-refractivity contribution in [1.82, 2.24) is 14.6 Å². The van der Waals surface area contributed by atoms with Crippen molar-refractivity contribution in [3.63, 3.8) is 0 Å². The third-order valence-electron chi connectivity index (χ3n) is 6.40. The summed E-state index contributed by atoms with van der Waals surface area (Å²) in [6, 6.07) is 32.7. The van der Waals surface area contributed by atoms with Crippen LogP contribution in [-0.2, 0) is 5.54 Å². The normalized spacial score (nSPS) is 11.4. The van der Waals surface area contributed by atoms with E-state index >= 15 is 0 Å². The molecule has 2 aromatic heterocycles. The maximum Gasteiger partial charge on any atom is 0.245 e. The molecule has 7 heteroatoms. The number of benzene rings is 3. The molecule has 188 valence electrons. The van der Waals surface area contributed by atoms with Crippen molar-refractivity contribution < 1.29 is 9.47 Å². The second-order valence-electron chi connectivity index (χ2n) is 8.73. The average Bonchev–Trinajstić information content (AvgIpc) is 3.33. The molecular formula is C30H29BrN4O2. The molecular weight excluding hydrogens is 528 g/mol. The lowest BCUT2D eigenvalue weighted by Gasteiger charge is -2.37. The minimum atomic E-state index is -0.789. The van der Waals surface area contributed by atoms with Gasteiger partial charge in [-0.1, -0.05) is 86.1 Å². The van der Waals surface area contributed by atoms with Crippen LogP contribution < -0.4 is 14.8 Å². The zero-order chi connectivity index (χ0) is 25.7. The Morgan fingerprint density at radius 1 is 0.838 bits per heavy atom. The van der Waals surface area contributed by atoms with Gasteiger partial charge in [-0.25, -0.2) is 4.52 Å². The van der Waals surface area contributed by atoms with Gasteiger partial charge in [0.25, 0.3) is 0 Å². The zero-order valence-corrected chi connectivity index (χ0v) is 22.5. The number of unbranched alkanes of at least 4 members (excludes halogenated alkanes) is 1. The van der Waals surface area contributed by atoms with E-state index in [4.69, 9.17) is 19.6 Å². The number of ether oxygens (including phenoxy) is 2. The molecule has 3 aromatic carbocycles. The summed E-state index contributed by atoms with van der Waals surface area (Å²) < 4.78 is 14.2. The molecule has 0 saturated heterocycles. The molecule has 5 aromatic rings. The fourth-order valence-electron chi connectivity index (χ4n) is 4.51. The highest BCUT2D eigenvalue weighted by Gasteiger charge is 2.37. The van der Waals surface area contributed by atoms with Crippen LogP contribution in [0.1, 0.15) is 36.5 Å². The predicted molar refractivity (Wildman–Crippen MR) is 150 cm³/mol. The van der Waals surface area contributed by atoms with E-state index in [0.29, 0.717) is 18.4 Å². The molecule has 6 nitrogen and oxygen atoms in total. The van der Waals surface area contributed by atoms with E-state index in [1.54, 1.807) is 7.11 Å². The lowest BCUT2D eigenvalue weighted by atomic mass is 9.77. The Morgan fingerprint density at radius 3 is 2.05 bits per heavy atom. The summed E-state index contributed by atoms with van der Waals surface area (Å²) in [5.74, 6) is 1.78. The number of fused-ring (bicyclic) bond motifs is 1. The third-order valence-corrected chi connectivity index (χ3v) is 7.00. The number of halogens is 1. The largest absolute Gasteiger partial charge is 0.497 e. The van der Waals surface area contributed by atoms with Gasteiger partial charge in [-0.15, -0.1) is 5.10 Å². The first-order chi connectivity index (χ1) is 18.2. The highest BCUT2D eigenvalue weighted by molar-refractivity contribution is 9.10. The number of rotatable bonds is 10. The lowest BCUT2D eigenvalue weighted by molar-refractivity contribution is 0.299. The predicted octanol–water partition coefficient (Wildman–Crippen LogP) is 7.08. The quantitative estimate of drug-likeness (QED) is 0.147. The van der Waals surface area contributed by atoms with Crippen molar-refractivity contribution in [1.29, 1.82) is 0 Å². The number of nitrogens with one attached hydrogen (secondary N) is 1. The monoisotopic (exact) mass is 556 g/mol. The number of aromatic nitrogens is 3. The van der Waals surface area contributed by atoms with Gasteiger partial charge in [0.1, 0.15) is 21.4 Å². The number of nitrogens with zero attached hydrogens (tertiary/aromatic N) is 3. The summed E-state index contributed by atoms with van der Waals surface area (Å²) in [5, 5.41) is 8.60. The Kier molecular flexibility index (Phi) is 7.42. The van der Waals surface area contributed by atoms with Gasteiger partial charge in [0, 0.05) is 0 Å². The Labute approximate surface area is 225 Å². The van der Waals surface area contributed by atoms with Gasteiger partial charge in [-0.05, 0) is 63.3 Å². The molecule has 0 radical (unpaired) electrons. The number of hydrogen-bond acceptors (Lipinski definition) is 5. The van der Waals surface area contributed by atoms with Crippen LogP contribution in [-0.4, -0.2) is 28.3 Å². The fraction of sp³-hybridized carbons (Fsp3) is 0.200. The molecule has 5 rings (SSSR count). The van der Waals surface area contributed by atoms with E-state index in [-0.39, 0.29) is 0 Å². The van der Waals surface area contributed by atoms with Gasteiger partial charge in [0.15, 0.2) is 0 Å². The molecule has 0 aliphatic heterocycles. The molecule has 0 fully saturated rings. The Morgan fingerprint density at radius 2 is 1.46 bits per heavy atom. The standard InChI is InChI=1S/C30H29BrN4O2/c1-3-4-21-37-28-26-19-20-27(31)35(26)34-29(32-28)33-30(22-11-7-5-8-12-22,23-13-9-6-10-14-23)24-15-17-25(36-2)18-16-24/h5-20H,3-4,21H2,1-2H3,(H,33,34). The van der Waals surface area contributed by atoms with Crippen molar-refractivity contribution in [2.45, 2.75) is 25.3 Å². The molecule has 0 bridgehead atoms. The van der Waals surface area contributed by atoms with Crippen molar-refractivity contribution in [2.75, 3.05) is 19.0 Å². The molecule has 0 aliphatic carbocycles. The van der Waals surface area contributed by atoms with Crippen molar-refractivity contribution in [3.05, 3.63) is 118 Å². The van der Waals surface area contributed by atoms with Crippen LogP contribution in [0.3, 0.4) is 0 Å². The SMILES string of the molecule is CCCCOc1nc(NC(c2ccccc2)(c2ccccc2)c2ccc(OC)cc2)nn2c(Br)ccc12. The van der Waals surface area contributed by atoms with Crippen LogP contribution in [0.2, 0.25) is 0 Å². The number of methoxy groups -OCH3 is 1. The molecule has 0 saturated carbocycles. The molecule has 0 amide bonds. The maximum atomic E-state index is 6.13. The molecule has 0 atom stereocenters. The van der Waals surface area contributed by atoms with Crippen molar-refractivity contribution in [2.24, 2.45) is 0 Å². The van der Waals surface area contributed by atoms with E-state index in [2.05, 4.69) is 64.6 Å². The molecule has 2 heterocycles. The first kappa shape index (κ1) is 24.8. The smallest absolute Gasteiger partial charge is 0.245 e. The average molecular weight is 557 g/mol. The van der Waals surface area contributed by atoms with Crippen LogP contribution >= 0.6 is 15.9 Å². The summed E-state index contributed by atoms with van der Waals surface area (Å²) in [4.78, 5) is 4.87. The topological polar surface area (TPSA) is 60.7 Å². The summed E-state index contributed by atoms with van der Waals surface area (Å²) >= 11 is 3.62. The van der Waals surface area contributed by atoms with Crippen molar-refractivity contribution in [3.8, 4) is 11.6 Å². The maximum absolute atomic E-state index is 6.13. The molecule has 0 spiro atoms. The first-order valence-electron chi connectivity index (χ1n) is 12.4. The van der Waals surface area contributed by atoms with Gasteiger partial charge < -0.3 is 14.8 Å². The van der Waals surface area contributed by atoms with E-state index in [0.717, 1.165) is 45.4 Å². The summed E-state index contributed by atoms with van der Waals surface area (Å²) in [6.07, 6.45) is 1.99. The van der Waals surface area contributed by atoms with E-state index < -0.39 is 5.54 Å². The zero-order valence-electron chi connectivity index (χ0n) is 20.9. The van der Waals surface area contributed by atoms with Crippen LogP contribution in [0.4, 0.5) is 5.95 Å². The summed E-state index contributed by atoms with van der Waals surface area (Å²) in [5.41, 5.74) is 3.14. The highest BCUT2D eigenvalue weighted by atomic mass is 79.9. The second kappa shape index (κ2) is 11.0. The lowest BCUT2D eigenvalue weighted by Crippen LogP contribution is -2.39. The minimum Gasteiger partial charge on any atom is -0.497 e. The van der Waals surface area contributed by atoms with Crippen molar-refractivity contribution >= 4 is 27.4 Å². The molecule has 37 heavy (non-hydrogen) atoms. The molecule has 0 aliphatic rings. The Balaban J connectivity index is 1.73. The highest BCUT2D eigenvalue weighted by Crippen LogP contribution is 2.40. The van der Waals surface area contributed by atoms with Gasteiger partial charge in [0.2, 0.25) is 11.8 Å². The van der Waals surface area contributed by atoms with E-state index in [1.807, 2.05) is 65.2 Å². The number of anilines is 1. The fourth-order valence-corrected chi connectivity index (χ4v) is 4.91. The van der Waals surface area contributed by atoms with Gasteiger partial charge in [-0.2, -0.15) is 4.98 Å². The Bertz CT molecular complexity index is 1410. The third kappa shape index (κ3) is 4.91. The van der Waals surface area contributed by atoms with Crippen LogP contribution in [0.15, 0.2) is 102 Å². The number of hydrogen-bond donors (Lipinski definition) is 1. The second-order valence-corrected chi connectivity index (χ2v) is 9.54. The minimum absolute atomic E-state index is 0.444. The Hall–Kier alpha value is -3.84. The molecule has 0 unspecified atom stereocenters. The summed E-state index contributed by atoms with van der Waals surface area (Å²) in [6.45, 7) is 2.73. The van der Waals surface area contributed by atoms with Crippen LogP contribution in [0.5, 0.6) is 11.6 Å². The van der Waals surface area contributed by atoms with Crippen LogP contribution in [0, 0.1) is 0 Å². The first-order valence-corrected chi connectivity index (χ1v) is 13.2.